The largest absolute Gasteiger partial charge is 0.460 e. The molecule has 3 rings (SSSR count). The molecule has 1 N–H and O–H groups in total. The molecule has 27 heavy (non-hydrogen) atoms. The molecule has 2 aliphatic heterocycles. The van der Waals surface area contributed by atoms with Gasteiger partial charge in [-0.25, -0.2) is 0 Å². The summed E-state index contributed by atoms with van der Waals surface area (Å²) in [6.07, 6.45) is 3.46. The van der Waals surface area contributed by atoms with Gasteiger partial charge in [0.05, 0.1) is 25.3 Å². The van der Waals surface area contributed by atoms with Crippen molar-refractivity contribution in [3.05, 3.63) is 35.9 Å². The Bertz CT molecular complexity index is 591. The number of likely N-dealkylation sites (tertiary alicyclic amines) is 1. The molecule has 5 nitrogen and oxygen atoms in total. The molecular weight excluding hydrogens is 342 g/mol. The van der Waals surface area contributed by atoms with Crippen LogP contribution in [0.15, 0.2) is 30.3 Å². The zero-order valence-corrected chi connectivity index (χ0v) is 16.5. The molecule has 2 saturated heterocycles. The van der Waals surface area contributed by atoms with Gasteiger partial charge in [-0.2, -0.15) is 0 Å². The molecule has 0 radical (unpaired) electrons. The Morgan fingerprint density at radius 3 is 2.81 bits per heavy atom. The van der Waals surface area contributed by atoms with Crippen molar-refractivity contribution in [3.63, 3.8) is 0 Å². The summed E-state index contributed by atoms with van der Waals surface area (Å²) in [5, 5.41) is 9.93. The highest BCUT2D eigenvalue weighted by Gasteiger charge is 2.44. The van der Waals surface area contributed by atoms with Crippen molar-refractivity contribution in [2.45, 2.75) is 51.9 Å². The number of ether oxygens (including phenoxy) is 2. The highest BCUT2D eigenvalue weighted by Crippen LogP contribution is 2.36. The van der Waals surface area contributed by atoms with Crippen molar-refractivity contribution in [2.24, 2.45) is 17.8 Å². The fraction of sp³-hybridized carbons (Fsp3) is 0.682. The Hall–Kier alpha value is -1.43. The van der Waals surface area contributed by atoms with Gasteiger partial charge in [0.25, 0.3) is 0 Å². The predicted octanol–water partition coefficient (Wildman–Crippen LogP) is 2.86. The van der Waals surface area contributed by atoms with E-state index in [0.717, 1.165) is 31.6 Å². The molecule has 2 heterocycles. The Morgan fingerprint density at radius 2 is 2.11 bits per heavy atom. The molecule has 0 bridgehead atoms. The lowest BCUT2D eigenvalue weighted by Gasteiger charge is -2.25. The second-order valence-corrected chi connectivity index (χ2v) is 8.44. The second kappa shape index (κ2) is 9.67. The van der Waals surface area contributed by atoms with Crippen molar-refractivity contribution >= 4 is 5.97 Å². The number of benzene rings is 1. The minimum Gasteiger partial charge on any atom is -0.460 e. The third-order valence-corrected chi connectivity index (χ3v) is 5.82. The van der Waals surface area contributed by atoms with Gasteiger partial charge < -0.3 is 14.6 Å². The number of nitrogens with zero attached hydrogens (tertiary/aromatic N) is 1. The zero-order chi connectivity index (χ0) is 19.2. The number of aliphatic hydroxyl groups is 1. The molecule has 0 aliphatic carbocycles. The number of esters is 1. The van der Waals surface area contributed by atoms with Crippen molar-refractivity contribution in [1.29, 1.82) is 0 Å². The van der Waals surface area contributed by atoms with Crippen LogP contribution in [0.25, 0.3) is 0 Å². The first-order valence-electron chi connectivity index (χ1n) is 10.2. The van der Waals surface area contributed by atoms with Crippen LogP contribution >= 0.6 is 0 Å². The molecule has 1 aromatic carbocycles. The van der Waals surface area contributed by atoms with Crippen molar-refractivity contribution in [1.82, 2.24) is 4.90 Å². The van der Waals surface area contributed by atoms with Crippen LogP contribution in [0.2, 0.25) is 0 Å². The monoisotopic (exact) mass is 375 g/mol. The van der Waals surface area contributed by atoms with Crippen LogP contribution in [0.5, 0.6) is 0 Å². The summed E-state index contributed by atoms with van der Waals surface area (Å²) in [5.41, 5.74) is 0.982. The van der Waals surface area contributed by atoms with Crippen molar-refractivity contribution < 1.29 is 19.4 Å². The summed E-state index contributed by atoms with van der Waals surface area (Å²) in [6.45, 7) is 6.60. The summed E-state index contributed by atoms with van der Waals surface area (Å²) < 4.78 is 11.6. The lowest BCUT2D eigenvalue weighted by molar-refractivity contribution is -0.147. The van der Waals surface area contributed by atoms with Gasteiger partial charge in [0.1, 0.15) is 6.61 Å². The first kappa shape index (κ1) is 20.3. The van der Waals surface area contributed by atoms with Gasteiger partial charge in [-0.1, -0.05) is 44.2 Å². The zero-order valence-electron chi connectivity index (χ0n) is 16.5. The minimum absolute atomic E-state index is 0.0159. The molecule has 0 spiro atoms. The number of carbonyl (C=O) groups is 1. The normalized spacial score (nSPS) is 28.7. The maximum absolute atomic E-state index is 12.3. The molecule has 0 saturated carbocycles. The Morgan fingerprint density at radius 1 is 1.33 bits per heavy atom. The van der Waals surface area contributed by atoms with Gasteiger partial charge >= 0.3 is 5.97 Å². The molecule has 4 atom stereocenters. The lowest BCUT2D eigenvalue weighted by Crippen LogP contribution is -2.42. The van der Waals surface area contributed by atoms with E-state index < -0.39 is 0 Å². The summed E-state index contributed by atoms with van der Waals surface area (Å²) in [7, 11) is 0. The fourth-order valence-corrected chi connectivity index (χ4v) is 4.67. The first-order valence-corrected chi connectivity index (χ1v) is 10.2. The van der Waals surface area contributed by atoms with Gasteiger partial charge in [0.15, 0.2) is 0 Å². The average molecular weight is 376 g/mol. The number of carbonyl (C=O) groups excluding carboxylic acids is 1. The summed E-state index contributed by atoms with van der Waals surface area (Å²) in [5.74, 6) is 1.50. The average Bonchev–Trinajstić information content (AvgIpc) is 2.83. The lowest BCUT2D eigenvalue weighted by atomic mass is 9.85. The molecule has 150 valence electrons. The Labute approximate surface area is 162 Å². The van der Waals surface area contributed by atoms with E-state index in [-0.39, 0.29) is 37.9 Å². The highest BCUT2D eigenvalue weighted by molar-refractivity contribution is 5.71. The van der Waals surface area contributed by atoms with Gasteiger partial charge in [-0.15, -0.1) is 0 Å². The van der Waals surface area contributed by atoms with Gasteiger partial charge in [0.2, 0.25) is 0 Å². The smallest absolute Gasteiger partial charge is 0.320 e. The third kappa shape index (κ3) is 5.53. The topological polar surface area (TPSA) is 59.0 Å². The van der Waals surface area contributed by atoms with E-state index in [0.29, 0.717) is 17.8 Å². The van der Waals surface area contributed by atoms with Crippen LogP contribution in [0.4, 0.5) is 0 Å². The maximum Gasteiger partial charge on any atom is 0.320 e. The van der Waals surface area contributed by atoms with Crippen LogP contribution in [-0.4, -0.2) is 54.4 Å². The van der Waals surface area contributed by atoms with Crippen LogP contribution < -0.4 is 0 Å². The van der Waals surface area contributed by atoms with E-state index in [1.165, 1.54) is 6.42 Å². The Kier molecular flexibility index (Phi) is 7.27. The van der Waals surface area contributed by atoms with Gasteiger partial charge in [-0.05, 0) is 42.6 Å². The van der Waals surface area contributed by atoms with Gasteiger partial charge in [0, 0.05) is 13.2 Å². The highest BCUT2D eigenvalue weighted by atomic mass is 16.5. The van der Waals surface area contributed by atoms with Crippen LogP contribution in [-0.2, 0) is 20.9 Å². The second-order valence-electron chi connectivity index (χ2n) is 8.44. The maximum atomic E-state index is 12.3. The third-order valence-electron chi connectivity index (χ3n) is 5.82. The predicted molar refractivity (Wildman–Crippen MR) is 104 cm³/mol. The fourth-order valence-electron chi connectivity index (χ4n) is 4.67. The molecule has 5 heteroatoms. The Balaban J connectivity index is 1.55. The van der Waals surface area contributed by atoms with E-state index in [4.69, 9.17) is 9.47 Å². The van der Waals surface area contributed by atoms with E-state index >= 15 is 0 Å². The number of rotatable bonds is 7. The molecule has 0 unspecified atom stereocenters. The van der Waals surface area contributed by atoms with Crippen LogP contribution in [0.3, 0.4) is 0 Å². The SMILES string of the molecule is CC(C)C[C@@H]1CCO[C@@H]2[C@@H](C1)CN(CC(=O)OCc1ccccc1)[C@@H]2CO. The molecule has 0 aromatic heterocycles. The van der Waals surface area contributed by atoms with E-state index in [1.54, 1.807) is 0 Å². The molecule has 2 fully saturated rings. The summed E-state index contributed by atoms with van der Waals surface area (Å²) in [4.78, 5) is 14.4. The van der Waals surface area contributed by atoms with E-state index in [1.807, 2.05) is 30.3 Å². The van der Waals surface area contributed by atoms with Crippen molar-refractivity contribution in [2.75, 3.05) is 26.3 Å². The van der Waals surface area contributed by atoms with Crippen LogP contribution in [0, 0.1) is 17.8 Å². The minimum atomic E-state index is -0.243. The number of fused-ring (bicyclic) bond motifs is 1. The summed E-state index contributed by atoms with van der Waals surface area (Å²) >= 11 is 0. The molecule has 2 aliphatic rings. The van der Waals surface area contributed by atoms with E-state index in [9.17, 15) is 9.90 Å². The standard InChI is InChI=1S/C22H33NO4/c1-16(2)10-18-8-9-26-22-19(11-18)12-23(20(22)14-24)13-21(25)27-15-17-6-4-3-5-7-17/h3-7,16,18-20,22,24H,8-15H2,1-2H3/t18-,19-,20+,22+/m0/s1. The van der Waals surface area contributed by atoms with E-state index in [2.05, 4.69) is 18.7 Å². The quantitative estimate of drug-likeness (QED) is 0.743. The summed E-state index contributed by atoms with van der Waals surface area (Å²) in [6, 6.07) is 9.59. The van der Waals surface area contributed by atoms with Crippen molar-refractivity contribution in [3.8, 4) is 0 Å². The number of aliphatic hydroxyl groups excluding tert-OH is 1. The molecule has 1 aromatic rings. The number of hydrogen-bond donors (Lipinski definition) is 1. The first-order chi connectivity index (χ1) is 13.1. The van der Waals surface area contributed by atoms with Gasteiger partial charge in [-0.3, -0.25) is 9.69 Å². The number of hydrogen-bond acceptors (Lipinski definition) is 5. The molecule has 0 amide bonds. The van der Waals surface area contributed by atoms with Crippen LogP contribution in [0.1, 0.15) is 38.7 Å². The molecular formula is C22H33NO4.